The molecule has 2 bridgehead atoms. The molecule has 2 aliphatic carbocycles. The van der Waals surface area contributed by atoms with E-state index in [4.69, 9.17) is 5.73 Å². The number of fused-ring (bicyclic) bond motifs is 2. The van der Waals surface area contributed by atoms with Crippen LogP contribution in [0, 0.1) is 17.8 Å². The molecule has 2 aliphatic rings. The minimum Gasteiger partial charge on any atom is -0.327 e. The van der Waals surface area contributed by atoms with Crippen LogP contribution < -0.4 is 5.73 Å². The number of rotatable bonds is 2. The number of aryl methyl sites for hydroxylation is 1. The summed E-state index contributed by atoms with van der Waals surface area (Å²) in [4.78, 5) is 12.3. The highest BCUT2D eigenvalue weighted by Crippen LogP contribution is 2.48. The SMILES string of the molecule is Cn1nncc1C(=O)C1C2CCC(C2)C1N. The van der Waals surface area contributed by atoms with Crippen LogP contribution in [0.15, 0.2) is 6.20 Å². The van der Waals surface area contributed by atoms with Gasteiger partial charge in [0.25, 0.3) is 0 Å². The van der Waals surface area contributed by atoms with E-state index in [2.05, 4.69) is 10.3 Å². The van der Waals surface area contributed by atoms with Gasteiger partial charge in [0.15, 0.2) is 5.78 Å². The molecule has 4 atom stereocenters. The van der Waals surface area contributed by atoms with Crippen LogP contribution in [0.4, 0.5) is 0 Å². The molecule has 0 saturated heterocycles. The number of hydrogen-bond donors (Lipinski definition) is 1. The first-order chi connectivity index (χ1) is 7.68. The Morgan fingerprint density at radius 1 is 1.50 bits per heavy atom. The third kappa shape index (κ3) is 1.24. The van der Waals surface area contributed by atoms with Crippen molar-refractivity contribution in [1.82, 2.24) is 15.0 Å². The monoisotopic (exact) mass is 220 g/mol. The molecule has 2 N–H and O–H groups in total. The maximum atomic E-state index is 12.3. The molecule has 4 unspecified atom stereocenters. The number of carbonyl (C=O) groups is 1. The van der Waals surface area contributed by atoms with Crippen molar-refractivity contribution in [1.29, 1.82) is 0 Å². The average molecular weight is 220 g/mol. The maximum absolute atomic E-state index is 12.3. The fourth-order valence-corrected chi connectivity index (χ4v) is 3.41. The number of ketones is 1. The molecule has 0 aliphatic heterocycles. The Bertz CT molecular complexity index is 425. The molecule has 1 aromatic heterocycles. The zero-order chi connectivity index (χ0) is 11.3. The number of hydrogen-bond acceptors (Lipinski definition) is 4. The summed E-state index contributed by atoms with van der Waals surface area (Å²) in [7, 11) is 1.75. The lowest BCUT2D eigenvalue weighted by atomic mass is 9.81. The van der Waals surface area contributed by atoms with Crippen LogP contribution >= 0.6 is 0 Å². The molecule has 86 valence electrons. The van der Waals surface area contributed by atoms with Gasteiger partial charge in [-0.1, -0.05) is 5.21 Å². The smallest absolute Gasteiger partial charge is 0.187 e. The van der Waals surface area contributed by atoms with Crippen molar-refractivity contribution in [2.45, 2.75) is 25.3 Å². The van der Waals surface area contributed by atoms with E-state index in [1.54, 1.807) is 17.9 Å². The van der Waals surface area contributed by atoms with Gasteiger partial charge in [0.1, 0.15) is 5.69 Å². The standard InChI is InChI=1S/C11H16N4O/c1-15-8(5-13-14-15)11(16)9-6-2-3-7(4-6)10(9)12/h5-7,9-10H,2-4,12H2,1H3. The fourth-order valence-electron chi connectivity index (χ4n) is 3.41. The van der Waals surface area contributed by atoms with Crippen molar-refractivity contribution in [2.75, 3.05) is 0 Å². The second-order valence-corrected chi connectivity index (χ2v) is 5.04. The normalized spacial score (nSPS) is 36.9. The molecule has 1 heterocycles. The average Bonchev–Trinajstić information content (AvgIpc) is 2.92. The Kier molecular flexibility index (Phi) is 2.10. The van der Waals surface area contributed by atoms with Crippen LogP contribution in [-0.2, 0) is 7.05 Å². The van der Waals surface area contributed by atoms with Gasteiger partial charge < -0.3 is 5.73 Å². The van der Waals surface area contributed by atoms with E-state index >= 15 is 0 Å². The lowest BCUT2D eigenvalue weighted by Crippen LogP contribution is -2.40. The number of aromatic nitrogens is 3. The molecule has 3 rings (SSSR count). The predicted octanol–water partition coefficient (Wildman–Crippen LogP) is 0.371. The Morgan fingerprint density at radius 3 is 2.81 bits per heavy atom. The van der Waals surface area contributed by atoms with Crippen LogP contribution in [-0.4, -0.2) is 26.8 Å². The van der Waals surface area contributed by atoms with E-state index in [1.807, 2.05) is 0 Å². The summed E-state index contributed by atoms with van der Waals surface area (Å²) in [5, 5.41) is 7.55. The molecular formula is C11H16N4O. The van der Waals surface area contributed by atoms with E-state index in [0.717, 1.165) is 12.8 Å². The first-order valence-electron chi connectivity index (χ1n) is 5.83. The molecule has 0 spiro atoms. The summed E-state index contributed by atoms with van der Waals surface area (Å²) >= 11 is 0. The Balaban J connectivity index is 1.89. The van der Waals surface area contributed by atoms with Gasteiger partial charge in [-0.2, -0.15) is 0 Å². The molecule has 0 aromatic carbocycles. The van der Waals surface area contributed by atoms with Crippen molar-refractivity contribution < 1.29 is 4.79 Å². The van der Waals surface area contributed by atoms with Crippen LogP contribution in [0.2, 0.25) is 0 Å². The van der Waals surface area contributed by atoms with Gasteiger partial charge in [-0.3, -0.25) is 4.79 Å². The van der Waals surface area contributed by atoms with E-state index in [-0.39, 0.29) is 17.7 Å². The number of nitrogens with two attached hydrogens (primary N) is 1. The van der Waals surface area contributed by atoms with Crippen molar-refractivity contribution in [3.05, 3.63) is 11.9 Å². The summed E-state index contributed by atoms with van der Waals surface area (Å²) < 4.78 is 1.54. The van der Waals surface area contributed by atoms with Gasteiger partial charge >= 0.3 is 0 Å². The lowest BCUT2D eigenvalue weighted by molar-refractivity contribution is 0.0846. The zero-order valence-electron chi connectivity index (χ0n) is 9.34. The molecule has 2 fully saturated rings. The van der Waals surface area contributed by atoms with Crippen molar-refractivity contribution >= 4 is 5.78 Å². The van der Waals surface area contributed by atoms with Crippen molar-refractivity contribution in [3.8, 4) is 0 Å². The van der Waals surface area contributed by atoms with E-state index in [1.165, 1.54) is 6.42 Å². The molecule has 16 heavy (non-hydrogen) atoms. The van der Waals surface area contributed by atoms with Gasteiger partial charge in [-0.05, 0) is 31.1 Å². The number of Topliss-reactive ketones (excluding diaryl/α,β-unsaturated/α-hetero) is 1. The third-order valence-electron chi connectivity index (χ3n) is 4.25. The minimum atomic E-state index is -0.00375. The van der Waals surface area contributed by atoms with E-state index < -0.39 is 0 Å². The fraction of sp³-hybridized carbons (Fsp3) is 0.727. The second kappa shape index (κ2) is 3.38. The molecule has 0 amide bonds. The maximum Gasteiger partial charge on any atom is 0.187 e. The quantitative estimate of drug-likeness (QED) is 0.731. The molecule has 5 nitrogen and oxygen atoms in total. The highest BCUT2D eigenvalue weighted by atomic mass is 16.1. The predicted molar refractivity (Wildman–Crippen MR) is 57.6 cm³/mol. The molecule has 0 radical (unpaired) electrons. The third-order valence-corrected chi connectivity index (χ3v) is 4.25. The Hall–Kier alpha value is -1.23. The molecular weight excluding hydrogens is 204 g/mol. The first kappa shape index (κ1) is 9.96. The van der Waals surface area contributed by atoms with Crippen LogP contribution in [0.1, 0.15) is 29.8 Å². The minimum absolute atomic E-state index is 0.00375. The largest absolute Gasteiger partial charge is 0.327 e. The summed E-state index contributed by atoms with van der Waals surface area (Å²) in [5.41, 5.74) is 6.74. The van der Waals surface area contributed by atoms with Crippen LogP contribution in [0.3, 0.4) is 0 Å². The van der Waals surface area contributed by atoms with Crippen LogP contribution in [0.25, 0.3) is 0 Å². The second-order valence-electron chi connectivity index (χ2n) is 5.04. The highest BCUT2D eigenvalue weighted by Gasteiger charge is 2.49. The molecule has 1 aromatic rings. The van der Waals surface area contributed by atoms with Gasteiger partial charge in [-0.15, -0.1) is 5.10 Å². The first-order valence-corrected chi connectivity index (χ1v) is 5.83. The van der Waals surface area contributed by atoms with E-state index in [0.29, 0.717) is 17.5 Å². The summed E-state index contributed by atoms with van der Waals surface area (Å²) in [6, 6.07) is 0.0427. The summed E-state index contributed by atoms with van der Waals surface area (Å²) in [6.45, 7) is 0. The molecule has 2 saturated carbocycles. The van der Waals surface area contributed by atoms with Gasteiger partial charge in [0.2, 0.25) is 0 Å². The molecule has 5 heteroatoms. The Labute approximate surface area is 94.0 Å². The van der Waals surface area contributed by atoms with Crippen molar-refractivity contribution in [2.24, 2.45) is 30.5 Å². The van der Waals surface area contributed by atoms with Gasteiger partial charge in [0, 0.05) is 19.0 Å². The topological polar surface area (TPSA) is 73.8 Å². The van der Waals surface area contributed by atoms with Gasteiger partial charge in [-0.25, -0.2) is 4.68 Å². The van der Waals surface area contributed by atoms with E-state index in [9.17, 15) is 4.79 Å². The highest BCUT2D eigenvalue weighted by molar-refractivity contribution is 5.97. The van der Waals surface area contributed by atoms with Crippen LogP contribution in [0.5, 0.6) is 0 Å². The zero-order valence-corrected chi connectivity index (χ0v) is 9.34. The summed E-state index contributed by atoms with van der Waals surface area (Å²) in [6.07, 6.45) is 5.02. The lowest BCUT2D eigenvalue weighted by Gasteiger charge is -2.26. The summed E-state index contributed by atoms with van der Waals surface area (Å²) in [5.74, 6) is 1.17. The van der Waals surface area contributed by atoms with Crippen molar-refractivity contribution in [3.63, 3.8) is 0 Å². The Morgan fingerprint density at radius 2 is 2.25 bits per heavy atom. The number of nitrogens with zero attached hydrogens (tertiary/aromatic N) is 3. The number of carbonyl (C=O) groups excluding carboxylic acids is 1. The van der Waals surface area contributed by atoms with Gasteiger partial charge in [0.05, 0.1) is 6.20 Å².